The van der Waals surface area contributed by atoms with Crippen LogP contribution in [0.5, 0.6) is 0 Å². The molecule has 2 aromatic rings. The molecular weight excluding hydrogens is 174 g/mol. The highest BCUT2D eigenvalue weighted by atomic mass is 16.5. The molecule has 1 aromatic carbocycles. The van der Waals surface area contributed by atoms with Gasteiger partial charge in [-0.05, 0) is 26.3 Å². The molecule has 0 amide bonds. The van der Waals surface area contributed by atoms with Crippen LogP contribution in [0.1, 0.15) is 16.8 Å². The van der Waals surface area contributed by atoms with Gasteiger partial charge >= 0.3 is 0 Å². The minimum atomic E-state index is 0.889. The minimum Gasteiger partial charge on any atom is -0.356 e. The highest BCUT2D eigenvalue weighted by Gasteiger charge is 2.11. The van der Waals surface area contributed by atoms with E-state index < -0.39 is 0 Å². The Morgan fingerprint density at radius 3 is 2.36 bits per heavy atom. The van der Waals surface area contributed by atoms with E-state index in [-0.39, 0.29) is 0 Å². The molecule has 14 heavy (non-hydrogen) atoms. The first-order valence-electron chi connectivity index (χ1n) is 4.69. The van der Waals surface area contributed by atoms with Crippen LogP contribution in [-0.4, -0.2) is 5.16 Å². The van der Waals surface area contributed by atoms with Gasteiger partial charge in [0.2, 0.25) is 0 Å². The largest absolute Gasteiger partial charge is 0.356 e. The van der Waals surface area contributed by atoms with Crippen LogP contribution in [0.2, 0.25) is 0 Å². The summed E-state index contributed by atoms with van der Waals surface area (Å²) in [5, 5.41) is 3.96. The van der Waals surface area contributed by atoms with Crippen LogP contribution >= 0.6 is 0 Å². The van der Waals surface area contributed by atoms with Gasteiger partial charge in [0.1, 0.15) is 0 Å². The van der Waals surface area contributed by atoms with Crippen LogP contribution in [0, 0.1) is 20.8 Å². The summed E-state index contributed by atoms with van der Waals surface area (Å²) >= 11 is 0. The average Bonchev–Trinajstić information content (AvgIpc) is 2.49. The maximum atomic E-state index is 5.31. The average molecular weight is 187 g/mol. The van der Waals surface area contributed by atoms with Crippen molar-refractivity contribution in [2.45, 2.75) is 20.8 Å². The highest BCUT2D eigenvalue weighted by Crippen LogP contribution is 2.27. The van der Waals surface area contributed by atoms with E-state index in [4.69, 9.17) is 4.52 Å². The molecule has 0 atom stereocenters. The summed E-state index contributed by atoms with van der Waals surface area (Å²) in [6.45, 7) is 6.07. The normalized spacial score (nSPS) is 10.5. The van der Waals surface area contributed by atoms with E-state index in [9.17, 15) is 0 Å². The Hall–Kier alpha value is -1.57. The Kier molecular flexibility index (Phi) is 2.12. The van der Waals surface area contributed by atoms with Crippen LogP contribution in [-0.2, 0) is 0 Å². The second-order valence-corrected chi connectivity index (χ2v) is 3.54. The van der Waals surface area contributed by atoms with Gasteiger partial charge in [0, 0.05) is 11.1 Å². The van der Waals surface area contributed by atoms with Crippen molar-refractivity contribution in [2.24, 2.45) is 0 Å². The summed E-state index contributed by atoms with van der Waals surface area (Å²) in [4.78, 5) is 0. The van der Waals surface area contributed by atoms with Crippen molar-refractivity contribution < 1.29 is 4.52 Å². The third kappa shape index (κ3) is 1.33. The molecule has 0 unspecified atom stereocenters. The fourth-order valence-electron chi connectivity index (χ4n) is 1.49. The predicted molar refractivity (Wildman–Crippen MR) is 56.2 cm³/mol. The van der Waals surface area contributed by atoms with Gasteiger partial charge in [-0.2, -0.15) is 0 Å². The number of aromatic nitrogens is 1. The van der Waals surface area contributed by atoms with E-state index in [2.05, 4.69) is 24.2 Å². The van der Waals surface area contributed by atoms with Crippen LogP contribution in [0.3, 0.4) is 0 Å². The predicted octanol–water partition coefficient (Wildman–Crippen LogP) is 3.27. The molecule has 1 heterocycles. The lowest BCUT2D eigenvalue weighted by Crippen LogP contribution is -1.82. The fourth-order valence-corrected chi connectivity index (χ4v) is 1.49. The molecular formula is C12H13NO. The Bertz CT molecular complexity index is 457. The van der Waals surface area contributed by atoms with E-state index in [1.165, 1.54) is 5.56 Å². The molecule has 1 aromatic heterocycles. The maximum absolute atomic E-state index is 5.31. The van der Waals surface area contributed by atoms with Gasteiger partial charge in [-0.3, -0.25) is 0 Å². The lowest BCUT2D eigenvalue weighted by atomic mass is 10.0. The van der Waals surface area contributed by atoms with Gasteiger partial charge in [-0.1, -0.05) is 29.4 Å². The van der Waals surface area contributed by atoms with Crippen LogP contribution in [0.25, 0.3) is 11.3 Å². The molecule has 2 heteroatoms. The first-order chi connectivity index (χ1) is 6.70. The van der Waals surface area contributed by atoms with E-state index >= 15 is 0 Å². The molecule has 72 valence electrons. The van der Waals surface area contributed by atoms with E-state index in [0.717, 1.165) is 22.6 Å². The lowest BCUT2D eigenvalue weighted by Gasteiger charge is -2.01. The number of nitrogens with zero attached hydrogens (tertiary/aromatic N) is 1. The van der Waals surface area contributed by atoms with Crippen molar-refractivity contribution in [3.63, 3.8) is 0 Å². The van der Waals surface area contributed by atoms with Crippen molar-refractivity contribution in [1.82, 2.24) is 5.16 Å². The first-order valence-corrected chi connectivity index (χ1v) is 4.69. The quantitative estimate of drug-likeness (QED) is 0.684. The summed E-state index contributed by atoms with van der Waals surface area (Å²) < 4.78 is 5.31. The molecule has 0 fully saturated rings. The summed E-state index contributed by atoms with van der Waals surface area (Å²) in [6, 6.07) is 8.17. The van der Waals surface area contributed by atoms with Crippen molar-refractivity contribution >= 4 is 0 Å². The van der Waals surface area contributed by atoms with Gasteiger partial charge in [0.25, 0.3) is 0 Å². The number of benzene rings is 1. The molecule has 0 spiro atoms. The highest BCUT2D eigenvalue weighted by molar-refractivity contribution is 5.65. The van der Waals surface area contributed by atoms with Crippen molar-refractivity contribution in [2.75, 3.05) is 0 Å². The third-order valence-electron chi connectivity index (χ3n) is 2.55. The van der Waals surface area contributed by atoms with Crippen molar-refractivity contribution in [3.8, 4) is 11.3 Å². The Labute approximate surface area is 83.5 Å². The summed E-state index contributed by atoms with van der Waals surface area (Å²) in [6.07, 6.45) is 0. The second kappa shape index (κ2) is 3.29. The van der Waals surface area contributed by atoms with Gasteiger partial charge < -0.3 is 4.52 Å². The van der Waals surface area contributed by atoms with Gasteiger partial charge in [-0.25, -0.2) is 0 Å². The third-order valence-corrected chi connectivity index (χ3v) is 2.55. The lowest BCUT2D eigenvalue weighted by molar-refractivity contribution is 0.426. The molecule has 0 aliphatic rings. The summed E-state index contributed by atoms with van der Waals surface area (Å²) in [5.41, 5.74) is 4.43. The topological polar surface area (TPSA) is 26.0 Å². The van der Waals surface area contributed by atoms with Crippen molar-refractivity contribution in [3.05, 3.63) is 41.1 Å². The molecule has 0 N–H and O–H groups in total. The number of hydrogen-bond donors (Lipinski definition) is 0. The monoisotopic (exact) mass is 187 g/mol. The summed E-state index contributed by atoms with van der Waals surface area (Å²) in [5.74, 6) is 0.889. The first kappa shape index (κ1) is 9.00. The van der Waals surface area contributed by atoms with Gasteiger partial charge in [0.05, 0.1) is 5.69 Å². The van der Waals surface area contributed by atoms with Crippen LogP contribution in [0.15, 0.2) is 28.8 Å². The zero-order valence-corrected chi connectivity index (χ0v) is 8.66. The molecule has 0 saturated carbocycles. The Morgan fingerprint density at radius 1 is 1.07 bits per heavy atom. The Balaban J connectivity index is 2.60. The van der Waals surface area contributed by atoms with E-state index in [1.807, 2.05) is 26.0 Å². The second-order valence-electron chi connectivity index (χ2n) is 3.54. The van der Waals surface area contributed by atoms with Crippen molar-refractivity contribution in [1.29, 1.82) is 0 Å². The molecule has 0 saturated heterocycles. The minimum absolute atomic E-state index is 0.889. The number of hydrogen-bond acceptors (Lipinski definition) is 2. The summed E-state index contributed by atoms with van der Waals surface area (Å²) in [7, 11) is 0. The zero-order chi connectivity index (χ0) is 10.1. The number of aryl methyl sites for hydroxylation is 2. The smallest absolute Gasteiger partial charge is 0.170 e. The van der Waals surface area contributed by atoms with E-state index in [1.54, 1.807) is 0 Å². The maximum Gasteiger partial charge on any atom is 0.170 e. The molecule has 2 rings (SSSR count). The van der Waals surface area contributed by atoms with Crippen LogP contribution in [0.4, 0.5) is 0 Å². The SMILES string of the molecule is Cc1ccccc1-c1onc(C)c1C. The molecule has 0 radical (unpaired) electrons. The Morgan fingerprint density at radius 2 is 1.79 bits per heavy atom. The van der Waals surface area contributed by atoms with Gasteiger partial charge in [0.15, 0.2) is 5.76 Å². The molecule has 0 aliphatic heterocycles. The van der Waals surface area contributed by atoms with Gasteiger partial charge in [-0.15, -0.1) is 0 Å². The zero-order valence-electron chi connectivity index (χ0n) is 8.66. The standard InChI is InChI=1S/C12H13NO/c1-8-6-4-5-7-11(8)12-9(2)10(3)13-14-12/h4-7H,1-3H3. The molecule has 0 bridgehead atoms. The fraction of sp³-hybridized carbons (Fsp3) is 0.250. The van der Waals surface area contributed by atoms with Crippen LogP contribution < -0.4 is 0 Å². The number of rotatable bonds is 1. The molecule has 2 nitrogen and oxygen atoms in total. The molecule has 0 aliphatic carbocycles. The van der Waals surface area contributed by atoms with E-state index in [0.29, 0.717) is 0 Å².